The van der Waals surface area contributed by atoms with Crippen LogP contribution in [0.3, 0.4) is 0 Å². The van der Waals surface area contributed by atoms with Crippen molar-refractivity contribution in [3.8, 4) is 11.3 Å². The number of hydrogen-bond donors (Lipinski definition) is 0. The number of rotatable bonds is 3. The Morgan fingerprint density at radius 2 is 2.06 bits per heavy atom. The van der Waals surface area contributed by atoms with E-state index in [1.54, 1.807) is 12.3 Å². The highest BCUT2D eigenvalue weighted by atomic mass is 32.2. The third-order valence-corrected chi connectivity index (χ3v) is 3.87. The second-order valence-electron chi connectivity index (χ2n) is 3.60. The van der Waals surface area contributed by atoms with Gasteiger partial charge < -0.3 is 0 Å². The molecular weight excluding hydrogens is 262 g/mol. The fourth-order valence-corrected chi connectivity index (χ4v) is 2.26. The number of carbonyl (C=O) groups excluding carboxylic acids is 1. The van der Waals surface area contributed by atoms with Crippen molar-refractivity contribution in [3.63, 3.8) is 0 Å². The second-order valence-corrected chi connectivity index (χ2v) is 5.08. The van der Waals surface area contributed by atoms with Gasteiger partial charge in [-0.1, -0.05) is 36.5 Å². The van der Waals surface area contributed by atoms with E-state index in [4.69, 9.17) is 12.2 Å². The summed E-state index contributed by atoms with van der Waals surface area (Å²) in [6, 6.07) is 11.2. The standard InChI is InChI=1S/C14H11NOS2/c1-18-14(17)12-7-4-8-15-13(12)11-6-3-2-5-10(11)9-16/h2-9H,1H3. The highest BCUT2D eigenvalue weighted by Crippen LogP contribution is 2.26. The molecule has 0 radical (unpaired) electrons. The number of hydrogen-bond acceptors (Lipinski definition) is 4. The van der Waals surface area contributed by atoms with Crippen LogP contribution in [0, 0.1) is 0 Å². The lowest BCUT2D eigenvalue weighted by Gasteiger charge is -2.09. The van der Waals surface area contributed by atoms with Crippen LogP contribution in [-0.4, -0.2) is 21.7 Å². The van der Waals surface area contributed by atoms with Gasteiger partial charge in [0.15, 0.2) is 6.29 Å². The van der Waals surface area contributed by atoms with Crippen LogP contribution >= 0.6 is 24.0 Å². The topological polar surface area (TPSA) is 30.0 Å². The molecule has 4 heteroatoms. The summed E-state index contributed by atoms with van der Waals surface area (Å²) in [6.07, 6.45) is 4.49. The van der Waals surface area contributed by atoms with Gasteiger partial charge in [0.1, 0.15) is 0 Å². The minimum absolute atomic E-state index is 0.626. The Labute approximate surface area is 115 Å². The average Bonchev–Trinajstić information content (AvgIpc) is 2.46. The normalized spacial score (nSPS) is 10.1. The number of aldehydes is 1. The number of benzene rings is 1. The Morgan fingerprint density at radius 3 is 2.78 bits per heavy atom. The first-order valence-corrected chi connectivity index (χ1v) is 6.99. The molecule has 1 heterocycles. The molecule has 0 N–H and O–H groups in total. The van der Waals surface area contributed by atoms with Gasteiger partial charge >= 0.3 is 0 Å². The predicted octanol–water partition coefficient (Wildman–Crippen LogP) is 3.60. The minimum Gasteiger partial charge on any atom is -0.298 e. The summed E-state index contributed by atoms with van der Waals surface area (Å²) < 4.78 is 0.777. The van der Waals surface area contributed by atoms with E-state index < -0.39 is 0 Å². The average molecular weight is 273 g/mol. The zero-order valence-corrected chi connectivity index (χ0v) is 11.4. The summed E-state index contributed by atoms with van der Waals surface area (Å²) >= 11 is 6.83. The molecule has 18 heavy (non-hydrogen) atoms. The van der Waals surface area contributed by atoms with Gasteiger partial charge in [0, 0.05) is 22.9 Å². The Balaban J connectivity index is 2.64. The summed E-state index contributed by atoms with van der Waals surface area (Å²) in [7, 11) is 0. The minimum atomic E-state index is 0.626. The van der Waals surface area contributed by atoms with Gasteiger partial charge in [-0.15, -0.1) is 11.8 Å². The molecule has 0 bridgehead atoms. The van der Waals surface area contributed by atoms with Gasteiger partial charge in [-0.2, -0.15) is 0 Å². The van der Waals surface area contributed by atoms with Crippen LogP contribution in [0.2, 0.25) is 0 Å². The third kappa shape index (κ3) is 2.49. The number of aromatic nitrogens is 1. The van der Waals surface area contributed by atoms with Crippen molar-refractivity contribution in [3.05, 3.63) is 53.7 Å². The van der Waals surface area contributed by atoms with E-state index in [9.17, 15) is 4.79 Å². The molecule has 1 aromatic heterocycles. The lowest BCUT2D eigenvalue weighted by molar-refractivity contribution is 0.112. The smallest absolute Gasteiger partial charge is 0.150 e. The SMILES string of the molecule is CSC(=S)c1cccnc1-c1ccccc1C=O. The summed E-state index contributed by atoms with van der Waals surface area (Å²) in [5, 5.41) is 0. The molecule has 0 aliphatic rings. The number of thiocarbonyl (C=S) groups is 1. The Hall–Kier alpha value is -1.52. The fraction of sp³-hybridized carbons (Fsp3) is 0.0714. The molecule has 1 aromatic carbocycles. The van der Waals surface area contributed by atoms with Gasteiger partial charge in [-0.05, 0) is 18.4 Å². The van der Waals surface area contributed by atoms with Crippen molar-refractivity contribution in [1.82, 2.24) is 4.98 Å². The van der Waals surface area contributed by atoms with E-state index in [1.165, 1.54) is 11.8 Å². The Bertz CT molecular complexity index is 596. The number of pyridine rings is 1. The molecule has 0 amide bonds. The maximum atomic E-state index is 11.1. The summed E-state index contributed by atoms with van der Waals surface area (Å²) in [5.41, 5.74) is 3.11. The fourth-order valence-electron chi connectivity index (χ4n) is 1.71. The van der Waals surface area contributed by atoms with Gasteiger partial charge in [0.05, 0.1) is 9.89 Å². The molecule has 2 nitrogen and oxygen atoms in total. The number of thioether (sulfide) groups is 1. The van der Waals surface area contributed by atoms with Gasteiger partial charge in [0.25, 0.3) is 0 Å². The van der Waals surface area contributed by atoms with E-state index in [0.717, 1.165) is 27.3 Å². The first kappa shape index (κ1) is 12.9. The van der Waals surface area contributed by atoms with E-state index in [-0.39, 0.29) is 0 Å². The van der Waals surface area contributed by atoms with E-state index in [1.807, 2.05) is 36.6 Å². The molecule has 0 aliphatic heterocycles. The van der Waals surface area contributed by atoms with Crippen LogP contribution in [0.1, 0.15) is 15.9 Å². The quantitative estimate of drug-likeness (QED) is 0.631. The summed E-state index contributed by atoms with van der Waals surface area (Å²) in [5.74, 6) is 0. The molecule has 2 rings (SSSR count). The molecule has 0 unspecified atom stereocenters. The monoisotopic (exact) mass is 273 g/mol. The Kier molecular flexibility index (Phi) is 4.23. The van der Waals surface area contributed by atoms with Crippen molar-refractivity contribution in [2.75, 3.05) is 6.26 Å². The van der Waals surface area contributed by atoms with Gasteiger partial charge in [0.2, 0.25) is 0 Å². The lowest BCUT2D eigenvalue weighted by Crippen LogP contribution is -1.99. The molecule has 90 valence electrons. The van der Waals surface area contributed by atoms with Gasteiger partial charge in [-0.3, -0.25) is 9.78 Å². The van der Waals surface area contributed by atoms with Crippen LogP contribution < -0.4 is 0 Å². The largest absolute Gasteiger partial charge is 0.298 e. The molecule has 0 spiro atoms. The van der Waals surface area contributed by atoms with Crippen molar-refractivity contribution >= 4 is 34.5 Å². The van der Waals surface area contributed by atoms with E-state index in [0.29, 0.717) is 5.56 Å². The van der Waals surface area contributed by atoms with Gasteiger partial charge in [-0.25, -0.2) is 0 Å². The molecule has 0 aliphatic carbocycles. The van der Waals surface area contributed by atoms with Crippen LogP contribution in [0.4, 0.5) is 0 Å². The highest BCUT2D eigenvalue weighted by molar-refractivity contribution is 8.23. The van der Waals surface area contributed by atoms with Crippen molar-refractivity contribution < 1.29 is 4.79 Å². The maximum absolute atomic E-state index is 11.1. The second kappa shape index (κ2) is 5.89. The summed E-state index contributed by atoms with van der Waals surface area (Å²) in [4.78, 5) is 15.5. The van der Waals surface area contributed by atoms with E-state index >= 15 is 0 Å². The van der Waals surface area contributed by atoms with Crippen LogP contribution in [0.25, 0.3) is 11.3 Å². The van der Waals surface area contributed by atoms with Crippen LogP contribution in [0.15, 0.2) is 42.6 Å². The summed E-state index contributed by atoms with van der Waals surface area (Å²) in [6.45, 7) is 0. The third-order valence-electron chi connectivity index (χ3n) is 2.56. The van der Waals surface area contributed by atoms with Crippen molar-refractivity contribution in [2.45, 2.75) is 0 Å². The first-order valence-electron chi connectivity index (χ1n) is 5.36. The zero-order valence-electron chi connectivity index (χ0n) is 9.79. The number of carbonyl (C=O) groups is 1. The molecule has 0 atom stereocenters. The zero-order chi connectivity index (χ0) is 13.0. The first-order chi connectivity index (χ1) is 8.77. The molecule has 2 aromatic rings. The van der Waals surface area contributed by atoms with Crippen LogP contribution in [0.5, 0.6) is 0 Å². The molecular formula is C14H11NOS2. The van der Waals surface area contributed by atoms with E-state index in [2.05, 4.69) is 4.98 Å². The lowest BCUT2D eigenvalue weighted by atomic mass is 10.0. The predicted molar refractivity (Wildman–Crippen MR) is 80.3 cm³/mol. The van der Waals surface area contributed by atoms with Crippen molar-refractivity contribution in [2.24, 2.45) is 0 Å². The molecule has 0 fully saturated rings. The molecule has 0 saturated carbocycles. The Morgan fingerprint density at radius 1 is 1.28 bits per heavy atom. The molecule has 0 saturated heterocycles. The van der Waals surface area contributed by atoms with Crippen LogP contribution in [-0.2, 0) is 0 Å². The number of nitrogens with zero attached hydrogens (tertiary/aromatic N) is 1. The van der Waals surface area contributed by atoms with Crippen molar-refractivity contribution in [1.29, 1.82) is 0 Å². The highest BCUT2D eigenvalue weighted by Gasteiger charge is 2.12. The maximum Gasteiger partial charge on any atom is 0.150 e.